The molecule has 0 spiro atoms. The Hall–Kier alpha value is -0.790. The number of aliphatic hydroxyl groups excluding tert-OH is 1. The molecule has 0 unspecified atom stereocenters. The van der Waals surface area contributed by atoms with E-state index >= 15 is 0 Å². The van der Waals surface area contributed by atoms with Crippen LogP contribution in [0.2, 0.25) is 0 Å². The van der Waals surface area contributed by atoms with Crippen molar-refractivity contribution in [1.29, 1.82) is 0 Å². The smallest absolute Gasteiger partial charge is 0.398 e. The van der Waals surface area contributed by atoms with Gasteiger partial charge in [0.1, 0.15) is 4.88 Å². The minimum absolute atomic E-state index is 0.169. The number of thiophene rings is 1. The lowest BCUT2D eigenvalue weighted by Crippen LogP contribution is -2.27. The molecule has 1 aromatic heterocycles. The van der Waals surface area contributed by atoms with Crippen LogP contribution in [0, 0.1) is 0 Å². The van der Waals surface area contributed by atoms with Gasteiger partial charge >= 0.3 is 6.18 Å². The Kier molecular flexibility index (Phi) is 5.43. The second-order valence-corrected chi connectivity index (χ2v) is 5.30. The Balaban J connectivity index is 0.000000269. The number of anilines is 1. The van der Waals surface area contributed by atoms with E-state index in [1.807, 2.05) is 0 Å². The van der Waals surface area contributed by atoms with Crippen molar-refractivity contribution in [3.63, 3.8) is 0 Å². The molecule has 1 aliphatic carbocycles. The molecule has 1 heterocycles. The Bertz CT molecular complexity index is 375. The summed E-state index contributed by atoms with van der Waals surface area (Å²) < 4.78 is 36.5. The standard InChI is InChI=1S/C7H8F3NOS.C4H9N/c8-7(9,10)6-5(11)3-4(13-6)1-2-12;5-4-2-1-3-4/h3,12H,1-2,11H2;4H,1-3,5H2. The number of hydrogen-bond donors (Lipinski definition) is 3. The summed E-state index contributed by atoms with van der Waals surface area (Å²) in [4.78, 5) is -0.330. The van der Waals surface area contributed by atoms with E-state index in [4.69, 9.17) is 16.6 Å². The second kappa shape index (κ2) is 6.40. The average Bonchev–Trinajstić information content (AvgIpc) is 2.58. The van der Waals surface area contributed by atoms with Crippen molar-refractivity contribution in [2.45, 2.75) is 37.9 Å². The minimum Gasteiger partial charge on any atom is -0.398 e. The third-order valence-corrected chi connectivity index (χ3v) is 3.83. The van der Waals surface area contributed by atoms with Crippen molar-refractivity contribution >= 4 is 17.0 Å². The predicted octanol–water partition coefficient (Wildman–Crippen LogP) is 2.38. The Morgan fingerprint density at radius 3 is 2.22 bits per heavy atom. The van der Waals surface area contributed by atoms with Gasteiger partial charge in [0.2, 0.25) is 0 Å². The van der Waals surface area contributed by atoms with Gasteiger partial charge in [-0.25, -0.2) is 0 Å². The maximum absolute atomic E-state index is 12.2. The van der Waals surface area contributed by atoms with E-state index in [2.05, 4.69) is 0 Å². The molecule has 0 amide bonds. The summed E-state index contributed by atoms with van der Waals surface area (Å²) in [6.45, 7) is -0.169. The summed E-state index contributed by atoms with van der Waals surface area (Å²) in [6, 6.07) is 1.82. The van der Waals surface area contributed by atoms with Crippen LogP contribution in [0.25, 0.3) is 0 Å². The molecule has 1 fully saturated rings. The van der Waals surface area contributed by atoms with Gasteiger partial charge in [-0.15, -0.1) is 11.3 Å². The van der Waals surface area contributed by atoms with Crippen LogP contribution in [0.4, 0.5) is 18.9 Å². The van der Waals surface area contributed by atoms with E-state index in [-0.39, 0.29) is 18.7 Å². The molecular formula is C11H17F3N2OS. The van der Waals surface area contributed by atoms with Crippen LogP contribution in [0.5, 0.6) is 0 Å². The van der Waals surface area contributed by atoms with Crippen molar-refractivity contribution in [2.75, 3.05) is 12.3 Å². The van der Waals surface area contributed by atoms with Gasteiger partial charge < -0.3 is 16.6 Å². The quantitative estimate of drug-likeness (QED) is 0.780. The zero-order valence-corrected chi connectivity index (χ0v) is 10.7. The van der Waals surface area contributed by atoms with Crippen LogP contribution in [0.1, 0.15) is 29.0 Å². The Morgan fingerprint density at radius 2 is 1.94 bits per heavy atom. The van der Waals surface area contributed by atoms with E-state index in [1.165, 1.54) is 25.3 Å². The Labute approximate surface area is 108 Å². The molecule has 0 aromatic carbocycles. The lowest BCUT2D eigenvalue weighted by molar-refractivity contribution is -0.133. The van der Waals surface area contributed by atoms with Crippen LogP contribution in [-0.4, -0.2) is 17.8 Å². The SMILES string of the molecule is NC1CCC1.Nc1cc(CCO)sc1C(F)(F)F. The van der Waals surface area contributed by atoms with Crippen molar-refractivity contribution in [3.05, 3.63) is 15.8 Å². The van der Waals surface area contributed by atoms with Gasteiger partial charge in [0, 0.05) is 23.9 Å². The van der Waals surface area contributed by atoms with E-state index in [9.17, 15) is 13.2 Å². The summed E-state index contributed by atoms with van der Waals surface area (Å²) in [6.07, 6.45) is -0.283. The fourth-order valence-corrected chi connectivity index (χ4v) is 2.29. The van der Waals surface area contributed by atoms with Crippen LogP contribution < -0.4 is 11.5 Å². The zero-order chi connectivity index (χ0) is 13.8. The molecule has 104 valence electrons. The van der Waals surface area contributed by atoms with Crippen LogP contribution in [0.3, 0.4) is 0 Å². The second-order valence-electron chi connectivity index (χ2n) is 4.16. The van der Waals surface area contributed by atoms with Gasteiger partial charge in [-0.05, 0) is 18.9 Å². The first kappa shape index (κ1) is 15.3. The number of halogens is 3. The summed E-state index contributed by atoms with van der Waals surface area (Å²) in [5.41, 5.74) is 10.3. The van der Waals surface area contributed by atoms with Crippen LogP contribution >= 0.6 is 11.3 Å². The predicted molar refractivity (Wildman–Crippen MR) is 66.3 cm³/mol. The van der Waals surface area contributed by atoms with Crippen LogP contribution in [-0.2, 0) is 12.6 Å². The highest BCUT2D eigenvalue weighted by Gasteiger charge is 2.35. The lowest BCUT2D eigenvalue weighted by atomic mass is 9.95. The molecule has 0 bridgehead atoms. The molecule has 3 nitrogen and oxygen atoms in total. The summed E-state index contributed by atoms with van der Waals surface area (Å²) in [5, 5.41) is 8.51. The van der Waals surface area contributed by atoms with Crippen molar-refractivity contribution < 1.29 is 18.3 Å². The number of hydrogen-bond acceptors (Lipinski definition) is 4. The molecule has 0 aliphatic heterocycles. The number of aliphatic hydroxyl groups is 1. The molecule has 2 rings (SSSR count). The largest absolute Gasteiger partial charge is 0.427 e. The fraction of sp³-hybridized carbons (Fsp3) is 0.636. The molecule has 18 heavy (non-hydrogen) atoms. The summed E-state index contributed by atoms with van der Waals surface area (Å²) >= 11 is 0.581. The first-order chi connectivity index (χ1) is 8.34. The maximum atomic E-state index is 12.2. The monoisotopic (exact) mass is 282 g/mol. The van der Waals surface area contributed by atoms with Crippen molar-refractivity contribution in [3.8, 4) is 0 Å². The van der Waals surface area contributed by atoms with Crippen molar-refractivity contribution in [2.24, 2.45) is 5.73 Å². The topological polar surface area (TPSA) is 72.3 Å². The third kappa shape index (κ3) is 4.47. The van der Waals surface area contributed by atoms with Gasteiger partial charge in [0.05, 0.1) is 5.69 Å². The highest BCUT2D eigenvalue weighted by molar-refractivity contribution is 7.12. The molecule has 1 saturated carbocycles. The first-order valence-corrected chi connectivity index (χ1v) is 6.48. The highest BCUT2D eigenvalue weighted by Crippen LogP contribution is 2.39. The molecule has 0 saturated heterocycles. The van der Waals surface area contributed by atoms with E-state index in [0.29, 0.717) is 22.3 Å². The summed E-state index contributed by atoms with van der Waals surface area (Å²) in [7, 11) is 0. The van der Waals surface area contributed by atoms with Gasteiger partial charge in [-0.2, -0.15) is 13.2 Å². The minimum atomic E-state index is -4.39. The van der Waals surface area contributed by atoms with Crippen LogP contribution in [0.15, 0.2) is 6.07 Å². The molecular weight excluding hydrogens is 265 g/mol. The zero-order valence-electron chi connectivity index (χ0n) is 9.83. The molecule has 1 aliphatic rings. The molecule has 1 aromatic rings. The number of nitrogen functional groups attached to an aromatic ring is 1. The van der Waals surface area contributed by atoms with Gasteiger partial charge in [0.15, 0.2) is 0 Å². The first-order valence-electron chi connectivity index (χ1n) is 5.66. The normalized spacial score (nSPS) is 15.8. The number of alkyl halides is 3. The fourth-order valence-electron chi connectivity index (χ4n) is 1.35. The molecule has 7 heteroatoms. The Morgan fingerprint density at radius 1 is 1.39 bits per heavy atom. The van der Waals surface area contributed by atoms with E-state index in [1.54, 1.807) is 0 Å². The maximum Gasteiger partial charge on any atom is 0.427 e. The average molecular weight is 282 g/mol. The van der Waals surface area contributed by atoms with Gasteiger partial charge in [0.25, 0.3) is 0 Å². The highest BCUT2D eigenvalue weighted by atomic mass is 32.1. The molecule has 0 atom stereocenters. The third-order valence-electron chi connectivity index (χ3n) is 2.58. The van der Waals surface area contributed by atoms with Gasteiger partial charge in [-0.1, -0.05) is 6.42 Å². The van der Waals surface area contributed by atoms with Crippen molar-refractivity contribution in [1.82, 2.24) is 0 Å². The number of rotatable bonds is 2. The lowest BCUT2D eigenvalue weighted by Gasteiger charge is -2.18. The number of nitrogens with two attached hydrogens (primary N) is 2. The van der Waals surface area contributed by atoms with E-state index in [0.717, 1.165) is 0 Å². The van der Waals surface area contributed by atoms with Gasteiger partial charge in [-0.3, -0.25) is 0 Å². The molecule has 0 radical (unpaired) electrons. The summed E-state index contributed by atoms with van der Waals surface area (Å²) in [5.74, 6) is 0. The molecule has 5 N–H and O–H groups in total. The van der Waals surface area contributed by atoms with E-state index < -0.39 is 11.1 Å².